The quantitative estimate of drug-likeness (QED) is 0.616. The molecule has 0 unspecified atom stereocenters. The summed E-state index contributed by atoms with van der Waals surface area (Å²) in [4.78, 5) is 23.8. The molecule has 0 radical (unpaired) electrons. The van der Waals surface area contributed by atoms with Crippen LogP contribution in [0, 0.1) is 6.92 Å². The van der Waals surface area contributed by atoms with Crippen molar-refractivity contribution in [2.45, 2.75) is 26.7 Å². The van der Waals surface area contributed by atoms with Crippen molar-refractivity contribution in [1.82, 2.24) is 0 Å². The third-order valence-electron chi connectivity index (χ3n) is 2.51. The summed E-state index contributed by atoms with van der Waals surface area (Å²) in [7, 11) is 0. The van der Waals surface area contributed by atoms with Crippen molar-refractivity contribution in [3.8, 4) is 0 Å². The summed E-state index contributed by atoms with van der Waals surface area (Å²) >= 11 is 6.10. The zero-order valence-corrected chi connectivity index (χ0v) is 12.0. The monoisotopic (exact) mass is 284 g/mol. The minimum absolute atomic E-state index is 0.193. The van der Waals surface area contributed by atoms with Gasteiger partial charge in [-0.15, -0.1) is 0 Å². The molecule has 1 aromatic carbocycles. The van der Waals surface area contributed by atoms with Crippen molar-refractivity contribution < 1.29 is 19.1 Å². The van der Waals surface area contributed by atoms with E-state index in [1.165, 1.54) is 0 Å². The van der Waals surface area contributed by atoms with Crippen molar-refractivity contribution in [2.75, 3.05) is 13.2 Å². The van der Waals surface area contributed by atoms with Gasteiger partial charge in [-0.3, -0.25) is 9.59 Å². The average molecular weight is 285 g/mol. The molecule has 1 aromatic rings. The van der Waals surface area contributed by atoms with Gasteiger partial charge in [-0.25, -0.2) is 0 Å². The first kappa shape index (κ1) is 15.5. The molecular weight excluding hydrogens is 268 g/mol. The predicted octanol–water partition coefficient (Wildman–Crippen LogP) is 2.86. The van der Waals surface area contributed by atoms with Crippen LogP contribution < -0.4 is 0 Å². The number of rotatable bonds is 5. The molecule has 19 heavy (non-hydrogen) atoms. The number of ether oxygens (including phenoxy) is 2. The second-order valence-corrected chi connectivity index (χ2v) is 4.37. The van der Waals surface area contributed by atoms with Gasteiger partial charge in [0.05, 0.1) is 13.2 Å². The molecule has 0 fully saturated rings. The Bertz CT molecular complexity index is 453. The van der Waals surface area contributed by atoms with Gasteiger partial charge >= 0.3 is 11.9 Å². The maximum atomic E-state index is 11.9. The molecule has 0 heterocycles. The number of esters is 2. The lowest BCUT2D eigenvalue weighted by Crippen LogP contribution is -2.26. The van der Waals surface area contributed by atoms with Crippen LogP contribution in [-0.2, 0) is 19.1 Å². The van der Waals surface area contributed by atoms with Gasteiger partial charge in [-0.05, 0) is 38.0 Å². The third kappa shape index (κ3) is 3.96. The number of hydrogen-bond donors (Lipinski definition) is 0. The number of carbonyl (C=O) groups excluding carboxylic acids is 2. The molecule has 0 aliphatic carbocycles. The van der Waals surface area contributed by atoms with E-state index >= 15 is 0 Å². The number of hydrogen-bond acceptors (Lipinski definition) is 4. The Morgan fingerprint density at radius 3 is 2.11 bits per heavy atom. The molecule has 0 aliphatic heterocycles. The summed E-state index contributed by atoms with van der Waals surface area (Å²) in [5, 5.41) is 0.353. The van der Waals surface area contributed by atoms with Gasteiger partial charge in [-0.2, -0.15) is 0 Å². The van der Waals surface area contributed by atoms with Gasteiger partial charge in [-0.1, -0.05) is 23.7 Å². The fourth-order valence-electron chi connectivity index (χ4n) is 1.67. The molecule has 0 amide bonds. The van der Waals surface area contributed by atoms with Crippen LogP contribution in [-0.4, -0.2) is 25.2 Å². The van der Waals surface area contributed by atoms with Crippen molar-refractivity contribution in [1.29, 1.82) is 0 Å². The lowest BCUT2D eigenvalue weighted by Gasteiger charge is -2.16. The Morgan fingerprint density at radius 1 is 1.16 bits per heavy atom. The molecule has 5 heteroatoms. The topological polar surface area (TPSA) is 52.6 Å². The molecule has 1 rings (SSSR count). The smallest absolute Gasteiger partial charge is 0.324 e. The van der Waals surface area contributed by atoms with E-state index in [1.807, 2.05) is 6.92 Å². The third-order valence-corrected chi connectivity index (χ3v) is 2.84. The Morgan fingerprint density at radius 2 is 1.68 bits per heavy atom. The van der Waals surface area contributed by atoms with E-state index in [1.54, 1.807) is 32.0 Å². The van der Waals surface area contributed by atoms with Crippen molar-refractivity contribution >= 4 is 23.5 Å². The molecule has 0 aliphatic rings. The minimum atomic E-state index is -1.13. The van der Waals surface area contributed by atoms with E-state index in [2.05, 4.69) is 0 Å². The van der Waals surface area contributed by atoms with E-state index in [4.69, 9.17) is 21.1 Å². The standard InChI is InChI=1S/C14H17ClO4/c1-4-18-13(16)12(14(17)19-5-2)10-7-6-9(3)8-11(10)15/h6-8,12H,4-5H2,1-3H3. The largest absolute Gasteiger partial charge is 0.465 e. The highest BCUT2D eigenvalue weighted by Crippen LogP contribution is 2.28. The van der Waals surface area contributed by atoms with Crippen molar-refractivity contribution in [3.05, 3.63) is 34.3 Å². The molecule has 0 atom stereocenters. The van der Waals surface area contributed by atoms with E-state index in [0.717, 1.165) is 5.56 Å². The zero-order chi connectivity index (χ0) is 14.4. The first-order chi connectivity index (χ1) is 9.01. The van der Waals surface area contributed by atoms with Gasteiger partial charge in [0, 0.05) is 5.02 Å². The average Bonchev–Trinajstić information content (AvgIpc) is 2.33. The number of carbonyl (C=O) groups is 2. The van der Waals surface area contributed by atoms with E-state index in [-0.39, 0.29) is 13.2 Å². The predicted molar refractivity (Wildman–Crippen MR) is 72.2 cm³/mol. The van der Waals surface area contributed by atoms with Crippen LogP contribution in [0.15, 0.2) is 18.2 Å². The highest BCUT2D eigenvalue weighted by Gasteiger charge is 2.33. The maximum absolute atomic E-state index is 11.9. The summed E-state index contributed by atoms with van der Waals surface area (Å²) in [6.45, 7) is 5.61. The second-order valence-electron chi connectivity index (χ2n) is 3.96. The van der Waals surface area contributed by atoms with Gasteiger partial charge < -0.3 is 9.47 Å². The highest BCUT2D eigenvalue weighted by atomic mass is 35.5. The van der Waals surface area contributed by atoms with E-state index < -0.39 is 17.9 Å². The first-order valence-corrected chi connectivity index (χ1v) is 6.48. The van der Waals surface area contributed by atoms with Crippen LogP contribution in [0.5, 0.6) is 0 Å². The maximum Gasteiger partial charge on any atom is 0.324 e. The van der Waals surface area contributed by atoms with Gasteiger partial charge in [0.15, 0.2) is 5.92 Å². The fourth-order valence-corrected chi connectivity index (χ4v) is 2.01. The van der Waals surface area contributed by atoms with Crippen LogP contribution in [0.25, 0.3) is 0 Å². The molecule has 4 nitrogen and oxygen atoms in total. The summed E-state index contributed by atoms with van der Waals surface area (Å²) in [5.74, 6) is -2.42. The number of halogens is 1. The molecule has 0 saturated heterocycles. The summed E-state index contributed by atoms with van der Waals surface area (Å²) in [5.41, 5.74) is 1.35. The summed E-state index contributed by atoms with van der Waals surface area (Å²) < 4.78 is 9.83. The lowest BCUT2D eigenvalue weighted by atomic mass is 9.98. The van der Waals surface area contributed by atoms with Crippen LogP contribution in [0.1, 0.15) is 30.9 Å². The van der Waals surface area contributed by atoms with Crippen LogP contribution >= 0.6 is 11.6 Å². The summed E-state index contributed by atoms with van der Waals surface area (Å²) in [6, 6.07) is 5.13. The molecule has 0 saturated carbocycles. The van der Waals surface area contributed by atoms with Crippen molar-refractivity contribution in [2.24, 2.45) is 0 Å². The Balaban J connectivity index is 3.14. The normalized spacial score (nSPS) is 10.4. The van der Waals surface area contributed by atoms with Gasteiger partial charge in [0.1, 0.15) is 0 Å². The molecule has 0 aromatic heterocycles. The SMILES string of the molecule is CCOC(=O)C(C(=O)OCC)c1ccc(C)cc1Cl. The Hall–Kier alpha value is -1.55. The minimum Gasteiger partial charge on any atom is -0.465 e. The van der Waals surface area contributed by atoms with E-state index in [0.29, 0.717) is 10.6 Å². The van der Waals surface area contributed by atoms with Crippen LogP contribution in [0.2, 0.25) is 5.02 Å². The summed E-state index contributed by atoms with van der Waals surface area (Å²) in [6.07, 6.45) is 0. The zero-order valence-electron chi connectivity index (χ0n) is 11.2. The molecule has 0 spiro atoms. The molecule has 0 bridgehead atoms. The Kier molecular flexibility index (Phi) is 5.83. The second kappa shape index (κ2) is 7.14. The molecule has 104 valence electrons. The first-order valence-electron chi connectivity index (χ1n) is 6.10. The van der Waals surface area contributed by atoms with Gasteiger partial charge in [0.2, 0.25) is 0 Å². The fraction of sp³-hybridized carbons (Fsp3) is 0.429. The number of benzene rings is 1. The molecule has 0 N–H and O–H groups in total. The highest BCUT2D eigenvalue weighted by molar-refractivity contribution is 6.32. The molecular formula is C14H17ClO4. The lowest BCUT2D eigenvalue weighted by molar-refractivity contribution is -0.156. The van der Waals surface area contributed by atoms with Gasteiger partial charge in [0.25, 0.3) is 0 Å². The van der Waals surface area contributed by atoms with Crippen LogP contribution in [0.4, 0.5) is 0 Å². The Labute approximate surface area is 117 Å². The van der Waals surface area contributed by atoms with Crippen LogP contribution in [0.3, 0.4) is 0 Å². The van der Waals surface area contributed by atoms with Crippen molar-refractivity contribution in [3.63, 3.8) is 0 Å². The van der Waals surface area contributed by atoms with E-state index in [9.17, 15) is 9.59 Å². The number of aryl methyl sites for hydroxylation is 1.